The van der Waals surface area contributed by atoms with Gasteiger partial charge in [-0.2, -0.15) is 5.26 Å². The van der Waals surface area contributed by atoms with E-state index in [-0.39, 0.29) is 12.1 Å². The first kappa shape index (κ1) is 15.9. The Hall–Kier alpha value is -2.07. The van der Waals surface area contributed by atoms with Gasteiger partial charge in [-0.05, 0) is 13.3 Å². The zero-order chi connectivity index (χ0) is 13.8. The Balaban J connectivity index is 3.96. The van der Waals surface area contributed by atoms with Gasteiger partial charge in [-0.3, -0.25) is 9.59 Å². The minimum Gasteiger partial charge on any atom is -0.480 e. The number of carboxylic acid groups (broad SMARTS) is 1. The second kappa shape index (κ2) is 10.1. The molecule has 0 aliphatic rings. The number of rotatable bonds is 9. The van der Waals surface area contributed by atoms with E-state index in [1.807, 2.05) is 6.92 Å². The Morgan fingerprint density at radius 1 is 1.50 bits per heavy atom. The molecule has 0 bridgehead atoms. The molecule has 0 aliphatic heterocycles. The summed E-state index contributed by atoms with van der Waals surface area (Å²) in [4.78, 5) is 21.7. The van der Waals surface area contributed by atoms with Crippen LogP contribution in [0.3, 0.4) is 0 Å². The number of amides is 1. The number of hydrogen-bond acceptors (Lipinski definition) is 5. The standard InChI is InChI=1S/C11H17N3O4/c1-2-18-5-3-4-14-11(17)9(6-12)7-13-8-10(15)16/h7,13H,2-5,8H2,1H3,(H,14,17)(H,15,16)/b9-7-. The highest BCUT2D eigenvalue weighted by molar-refractivity contribution is 5.97. The zero-order valence-corrected chi connectivity index (χ0v) is 10.2. The van der Waals surface area contributed by atoms with E-state index in [2.05, 4.69) is 10.6 Å². The van der Waals surface area contributed by atoms with E-state index < -0.39 is 11.9 Å². The van der Waals surface area contributed by atoms with Crippen LogP contribution in [0.15, 0.2) is 11.8 Å². The zero-order valence-electron chi connectivity index (χ0n) is 10.2. The van der Waals surface area contributed by atoms with Crippen molar-refractivity contribution in [3.8, 4) is 6.07 Å². The molecule has 0 saturated heterocycles. The molecule has 0 aromatic carbocycles. The van der Waals surface area contributed by atoms with Gasteiger partial charge in [0.05, 0.1) is 0 Å². The minimum atomic E-state index is -1.07. The lowest BCUT2D eigenvalue weighted by atomic mass is 10.3. The number of carbonyl (C=O) groups excluding carboxylic acids is 1. The molecule has 0 rings (SSSR count). The number of nitrogens with zero attached hydrogens (tertiary/aromatic N) is 1. The number of nitrogens with one attached hydrogen (secondary N) is 2. The molecule has 0 aliphatic carbocycles. The molecule has 0 aromatic rings. The lowest BCUT2D eigenvalue weighted by molar-refractivity contribution is -0.135. The third kappa shape index (κ3) is 8.13. The van der Waals surface area contributed by atoms with Crippen LogP contribution in [-0.2, 0) is 14.3 Å². The molecule has 7 heteroatoms. The normalized spacial score (nSPS) is 10.6. The van der Waals surface area contributed by atoms with Gasteiger partial charge in [-0.15, -0.1) is 0 Å². The van der Waals surface area contributed by atoms with Crippen LogP contribution in [0.2, 0.25) is 0 Å². The molecule has 0 unspecified atom stereocenters. The van der Waals surface area contributed by atoms with Crippen LogP contribution in [-0.4, -0.2) is 43.3 Å². The van der Waals surface area contributed by atoms with E-state index in [0.717, 1.165) is 6.20 Å². The molecular weight excluding hydrogens is 238 g/mol. The fourth-order valence-electron chi connectivity index (χ4n) is 1.00. The van der Waals surface area contributed by atoms with Gasteiger partial charge in [-0.25, -0.2) is 0 Å². The Kier molecular flexibility index (Phi) is 8.95. The van der Waals surface area contributed by atoms with Crippen molar-refractivity contribution in [2.45, 2.75) is 13.3 Å². The van der Waals surface area contributed by atoms with Gasteiger partial charge in [0.2, 0.25) is 0 Å². The van der Waals surface area contributed by atoms with Gasteiger partial charge >= 0.3 is 5.97 Å². The molecule has 18 heavy (non-hydrogen) atoms. The van der Waals surface area contributed by atoms with Crippen LogP contribution >= 0.6 is 0 Å². The first-order chi connectivity index (χ1) is 8.61. The number of carbonyl (C=O) groups is 2. The third-order valence-electron chi connectivity index (χ3n) is 1.82. The predicted octanol–water partition coefficient (Wildman–Crippen LogP) is -0.389. The van der Waals surface area contributed by atoms with Gasteiger partial charge in [0.1, 0.15) is 18.2 Å². The Bertz CT molecular complexity index is 347. The topological polar surface area (TPSA) is 111 Å². The molecule has 0 saturated carbocycles. The molecule has 0 heterocycles. The average molecular weight is 255 g/mol. The number of carboxylic acids is 1. The fraction of sp³-hybridized carbons (Fsp3) is 0.545. The summed E-state index contributed by atoms with van der Waals surface area (Å²) in [5.41, 5.74) is -0.160. The molecule has 0 atom stereocenters. The van der Waals surface area contributed by atoms with Gasteiger partial charge < -0.3 is 20.5 Å². The fourth-order valence-corrected chi connectivity index (χ4v) is 1.00. The summed E-state index contributed by atoms with van der Waals surface area (Å²) in [7, 11) is 0. The van der Waals surface area contributed by atoms with Crippen LogP contribution < -0.4 is 10.6 Å². The van der Waals surface area contributed by atoms with Crippen molar-refractivity contribution in [2.75, 3.05) is 26.3 Å². The van der Waals surface area contributed by atoms with Gasteiger partial charge in [0.25, 0.3) is 5.91 Å². The first-order valence-electron chi connectivity index (χ1n) is 5.53. The summed E-state index contributed by atoms with van der Waals surface area (Å²) < 4.78 is 5.08. The van der Waals surface area contributed by atoms with E-state index in [0.29, 0.717) is 26.2 Å². The van der Waals surface area contributed by atoms with Crippen LogP contribution in [0.25, 0.3) is 0 Å². The highest BCUT2D eigenvalue weighted by atomic mass is 16.5. The summed E-state index contributed by atoms with van der Waals surface area (Å²) in [6.07, 6.45) is 1.74. The van der Waals surface area contributed by atoms with Crippen molar-refractivity contribution in [1.82, 2.24) is 10.6 Å². The van der Waals surface area contributed by atoms with Crippen LogP contribution in [0.1, 0.15) is 13.3 Å². The highest BCUT2D eigenvalue weighted by Gasteiger charge is 2.07. The molecule has 0 spiro atoms. The van der Waals surface area contributed by atoms with E-state index in [4.69, 9.17) is 15.1 Å². The van der Waals surface area contributed by atoms with Crippen molar-refractivity contribution in [3.05, 3.63) is 11.8 Å². The molecule has 1 amide bonds. The highest BCUT2D eigenvalue weighted by Crippen LogP contribution is 1.90. The van der Waals surface area contributed by atoms with Crippen molar-refractivity contribution >= 4 is 11.9 Å². The van der Waals surface area contributed by atoms with Gasteiger partial charge in [0, 0.05) is 26.0 Å². The van der Waals surface area contributed by atoms with Crippen LogP contribution in [0.4, 0.5) is 0 Å². The van der Waals surface area contributed by atoms with Gasteiger partial charge in [-0.1, -0.05) is 0 Å². The van der Waals surface area contributed by atoms with Gasteiger partial charge in [0.15, 0.2) is 0 Å². The summed E-state index contributed by atoms with van der Waals surface area (Å²) in [6.45, 7) is 3.10. The maximum absolute atomic E-state index is 11.5. The summed E-state index contributed by atoms with van der Waals surface area (Å²) >= 11 is 0. The minimum absolute atomic E-state index is 0.160. The largest absolute Gasteiger partial charge is 0.480 e. The van der Waals surface area contributed by atoms with Crippen molar-refractivity contribution in [1.29, 1.82) is 5.26 Å². The number of hydrogen-bond donors (Lipinski definition) is 3. The summed E-state index contributed by atoms with van der Waals surface area (Å²) in [5.74, 6) is -1.60. The monoisotopic (exact) mass is 255 g/mol. The predicted molar refractivity (Wildman–Crippen MR) is 63.5 cm³/mol. The third-order valence-corrected chi connectivity index (χ3v) is 1.82. The average Bonchev–Trinajstić information content (AvgIpc) is 2.33. The Labute approximate surface area is 105 Å². The summed E-state index contributed by atoms with van der Waals surface area (Å²) in [6, 6.07) is 1.69. The van der Waals surface area contributed by atoms with E-state index >= 15 is 0 Å². The van der Waals surface area contributed by atoms with Crippen LogP contribution in [0.5, 0.6) is 0 Å². The number of ether oxygens (including phenoxy) is 1. The second-order valence-electron chi connectivity index (χ2n) is 3.25. The quantitative estimate of drug-likeness (QED) is 0.294. The van der Waals surface area contributed by atoms with Crippen molar-refractivity contribution in [2.24, 2.45) is 0 Å². The van der Waals surface area contributed by atoms with E-state index in [1.165, 1.54) is 0 Å². The molecule has 0 fully saturated rings. The SMILES string of the molecule is CCOCCCNC(=O)/C(C#N)=C\NCC(=O)O. The van der Waals surface area contributed by atoms with Crippen LogP contribution in [0, 0.1) is 11.3 Å². The maximum atomic E-state index is 11.5. The molecule has 0 aromatic heterocycles. The van der Waals surface area contributed by atoms with Crippen molar-refractivity contribution in [3.63, 3.8) is 0 Å². The first-order valence-corrected chi connectivity index (χ1v) is 5.53. The second-order valence-corrected chi connectivity index (χ2v) is 3.25. The molecule has 3 N–H and O–H groups in total. The Morgan fingerprint density at radius 2 is 2.22 bits per heavy atom. The van der Waals surface area contributed by atoms with E-state index in [1.54, 1.807) is 6.07 Å². The number of nitriles is 1. The molecule has 7 nitrogen and oxygen atoms in total. The maximum Gasteiger partial charge on any atom is 0.322 e. The lowest BCUT2D eigenvalue weighted by Crippen LogP contribution is -2.28. The Morgan fingerprint density at radius 3 is 2.78 bits per heavy atom. The lowest BCUT2D eigenvalue weighted by Gasteiger charge is -2.04. The smallest absolute Gasteiger partial charge is 0.322 e. The van der Waals surface area contributed by atoms with Crippen molar-refractivity contribution < 1.29 is 19.4 Å². The van der Waals surface area contributed by atoms with E-state index in [9.17, 15) is 9.59 Å². The molecule has 0 radical (unpaired) electrons. The molecular formula is C11H17N3O4. The molecule has 100 valence electrons. The number of aliphatic carboxylic acids is 1. The summed E-state index contributed by atoms with van der Waals surface area (Å²) in [5, 5.41) is 22.0.